The van der Waals surface area contributed by atoms with E-state index in [9.17, 15) is 18.4 Å². The first kappa shape index (κ1) is 20.6. The first-order valence-electron chi connectivity index (χ1n) is 8.76. The van der Waals surface area contributed by atoms with Crippen LogP contribution < -0.4 is 5.32 Å². The van der Waals surface area contributed by atoms with E-state index in [1.54, 1.807) is 20.9 Å². The zero-order valence-corrected chi connectivity index (χ0v) is 15.9. The minimum atomic E-state index is -0.963. The van der Waals surface area contributed by atoms with Crippen LogP contribution in [0.4, 0.5) is 8.78 Å². The number of nitrogens with one attached hydrogen (secondary N) is 1. The Balaban J connectivity index is 2.14. The number of rotatable bonds is 6. The Bertz CT molecular complexity index is 799. The highest BCUT2D eigenvalue weighted by molar-refractivity contribution is 5.98. The van der Waals surface area contributed by atoms with Crippen LogP contribution in [0.15, 0.2) is 42.5 Å². The summed E-state index contributed by atoms with van der Waals surface area (Å²) in [6, 6.07) is 10.1. The van der Waals surface area contributed by atoms with E-state index in [4.69, 9.17) is 0 Å². The van der Waals surface area contributed by atoms with Crippen LogP contribution in [0.2, 0.25) is 0 Å². The number of aryl methyl sites for hydroxylation is 1. The van der Waals surface area contributed by atoms with Gasteiger partial charge in [0, 0.05) is 13.6 Å². The molecule has 0 bridgehead atoms. The van der Waals surface area contributed by atoms with E-state index >= 15 is 0 Å². The summed E-state index contributed by atoms with van der Waals surface area (Å²) in [6.45, 7) is 5.87. The molecular formula is C21H24F2N2O2. The zero-order chi connectivity index (χ0) is 20.1. The molecule has 27 heavy (non-hydrogen) atoms. The summed E-state index contributed by atoms with van der Waals surface area (Å²) in [5.74, 6) is -3.44. The van der Waals surface area contributed by atoms with Crippen molar-refractivity contribution in [3.63, 3.8) is 0 Å². The molecule has 0 saturated heterocycles. The molecule has 2 aromatic rings. The number of likely N-dealkylation sites (N-methyl/N-ethyl adjacent to an activating group) is 1. The van der Waals surface area contributed by atoms with Crippen molar-refractivity contribution in [1.82, 2.24) is 10.2 Å². The average molecular weight is 374 g/mol. The highest BCUT2D eigenvalue weighted by Crippen LogP contribution is 2.15. The van der Waals surface area contributed by atoms with Gasteiger partial charge >= 0.3 is 0 Å². The van der Waals surface area contributed by atoms with Gasteiger partial charge in [0.2, 0.25) is 5.91 Å². The normalized spacial score (nSPS) is 12.0. The van der Waals surface area contributed by atoms with Crippen molar-refractivity contribution in [2.24, 2.45) is 5.92 Å². The van der Waals surface area contributed by atoms with Gasteiger partial charge < -0.3 is 10.2 Å². The molecule has 0 heterocycles. The number of hydrogen-bond donors (Lipinski definition) is 1. The molecule has 0 aliphatic rings. The van der Waals surface area contributed by atoms with Crippen LogP contribution in [0.5, 0.6) is 0 Å². The fourth-order valence-corrected chi connectivity index (χ4v) is 2.72. The van der Waals surface area contributed by atoms with Crippen LogP contribution in [-0.2, 0) is 11.3 Å². The third-order valence-corrected chi connectivity index (χ3v) is 4.33. The maximum Gasteiger partial charge on any atom is 0.257 e. The van der Waals surface area contributed by atoms with Crippen LogP contribution in [0.1, 0.15) is 35.3 Å². The summed E-state index contributed by atoms with van der Waals surface area (Å²) in [6.07, 6.45) is 0. The molecule has 2 rings (SSSR count). The Hall–Kier alpha value is -2.76. The minimum absolute atomic E-state index is 0.253. The van der Waals surface area contributed by atoms with Gasteiger partial charge in [-0.3, -0.25) is 9.59 Å². The van der Waals surface area contributed by atoms with Crippen LogP contribution in [0, 0.1) is 24.5 Å². The maximum absolute atomic E-state index is 13.8. The third kappa shape index (κ3) is 5.12. The van der Waals surface area contributed by atoms with Crippen LogP contribution in [0.3, 0.4) is 0 Å². The average Bonchev–Trinajstić information content (AvgIpc) is 2.60. The summed E-state index contributed by atoms with van der Waals surface area (Å²) < 4.78 is 27.7. The van der Waals surface area contributed by atoms with Crippen molar-refractivity contribution in [3.8, 4) is 0 Å². The topological polar surface area (TPSA) is 49.4 Å². The number of carbonyl (C=O) groups is 2. The standard InChI is InChI=1S/C21H24F2N2O2/c1-13(2)19(24-20(26)18-16(22)6-5-7-17(18)23)21(27)25(4)12-15-10-8-14(3)9-11-15/h5-11,13,19H,12H2,1-4H3,(H,24,26). The Labute approximate surface area is 158 Å². The van der Waals surface area contributed by atoms with Gasteiger partial charge in [0.05, 0.1) is 0 Å². The number of halogens is 2. The summed E-state index contributed by atoms with van der Waals surface area (Å²) in [7, 11) is 1.63. The summed E-state index contributed by atoms with van der Waals surface area (Å²) in [5, 5.41) is 2.48. The molecule has 0 spiro atoms. The second kappa shape index (κ2) is 8.75. The van der Waals surface area contributed by atoms with Crippen LogP contribution in [-0.4, -0.2) is 29.8 Å². The predicted molar refractivity (Wildman–Crippen MR) is 100 cm³/mol. The largest absolute Gasteiger partial charge is 0.340 e. The van der Waals surface area contributed by atoms with Gasteiger partial charge in [-0.2, -0.15) is 0 Å². The van der Waals surface area contributed by atoms with Crippen LogP contribution >= 0.6 is 0 Å². The molecule has 0 radical (unpaired) electrons. The fourth-order valence-electron chi connectivity index (χ4n) is 2.72. The lowest BCUT2D eigenvalue weighted by molar-refractivity contribution is -0.133. The lowest BCUT2D eigenvalue weighted by Crippen LogP contribution is -2.50. The van der Waals surface area contributed by atoms with Gasteiger partial charge in [-0.15, -0.1) is 0 Å². The van der Waals surface area contributed by atoms with E-state index < -0.39 is 29.1 Å². The SMILES string of the molecule is Cc1ccc(CN(C)C(=O)C(NC(=O)c2c(F)cccc2F)C(C)C)cc1. The van der Waals surface area contributed by atoms with Crippen molar-refractivity contribution in [2.75, 3.05) is 7.05 Å². The highest BCUT2D eigenvalue weighted by Gasteiger charge is 2.29. The second-order valence-electron chi connectivity index (χ2n) is 6.97. The van der Waals surface area contributed by atoms with Crippen molar-refractivity contribution in [3.05, 3.63) is 70.8 Å². The molecule has 1 unspecified atom stereocenters. The molecule has 4 nitrogen and oxygen atoms in total. The second-order valence-corrected chi connectivity index (χ2v) is 6.97. The first-order chi connectivity index (χ1) is 12.7. The Kier molecular flexibility index (Phi) is 6.66. The zero-order valence-electron chi connectivity index (χ0n) is 15.9. The Morgan fingerprint density at radius 1 is 1.04 bits per heavy atom. The minimum Gasteiger partial charge on any atom is -0.340 e. The van der Waals surface area contributed by atoms with Crippen LogP contribution in [0.25, 0.3) is 0 Å². The molecule has 0 fully saturated rings. The van der Waals surface area contributed by atoms with Crippen molar-refractivity contribution >= 4 is 11.8 Å². The molecule has 6 heteroatoms. The quantitative estimate of drug-likeness (QED) is 0.838. The molecule has 0 aliphatic carbocycles. The van der Waals surface area contributed by atoms with E-state index in [1.807, 2.05) is 31.2 Å². The van der Waals surface area contributed by atoms with E-state index in [0.717, 1.165) is 23.3 Å². The Morgan fingerprint density at radius 2 is 1.59 bits per heavy atom. The summed E-state index contributed by atoms with van der Waals surface area (Å²) in [5.41, 5.74) is 1.38. The first-order valence-corrected chi connectivity index (χ1v) is 8.76. The van der Waals surface area contributed by atoms with E-state index in [0.29, 0.717) is 6.54 Å². The summed E-state index contributed by atoms with van der Waals surface area (Å²) in [4.78, 5) is 26.7. The lowest BCUT2D eigenvalue weighted by atomic mass is 10.0. The van der Waals surface area contributed by atoms with Crippen molar-refractivity contribution in [1.29, 1.82) is 0 Å². The maximum atomic E-state index is 13.8. The molecule has 0 saturated carbocycles. The lowest BCUT2D eigenvalue weighted by Gasteiger charge is -2.27. The van der Waals surface area contributed by atoms with Gasteiger partial charge in [-0.05, 0) is 30.5 Å². The van der Waals surface area contributed by atoms with E-state index in [2.05, 4.69) is 5.32 Å². The number of carbonyl (C=O) groups excluding carboxylic acids is 2. The highest BCUT2D eigenvalue weighted by atomic mass is 19.1. The Morgan fingerprint density at radius 3 is 2.11 bits per heavy atom. The molecule has 0 aliphatic heterocycles. The van der Waals surface area contributed by atoms with Gasteiger partial charge in [0.1, 0.15) is 23.2 Å². The molecular weight excluding hydrogens is 350 g/mol. The fraction of sp³-hybridized carbons (Fsp3) is 0.333. The monoisotopic (exact) mass is 374 g/mol. The smallest absolute Gasteiger partial charge is 0.257 e. The summed E-state index contributed by atoms with van der Waals surface area (Å²) >= 11 is 0. The predicted octanol–water partition coefficient (Wildman–Crippen LogP) is 3.69. The molecule has 144 valence electrons. The molecule has 2 aromatic carbocycles. The number of nitrogens with zero attached hydrogens (tertiary/aromatic N) is 1. The molecule has 2 amide bonds. The third-order valence-electron chi connectivity index (χ3n) is 4.33. The van der Waals surface area contributed by atoms with Gasteiger partial charge in [0.25, 0.3) is 5.91 Å². The van der Waals surface area contributed by atoms with E-state index in [1.165, 1.54) is 11.0 Å². The molecule has 0 aromatic heterocycles. The number of amides is 2. The van der Waals surface area contributed by atoms with Crippen molar-refractivity contribution in [2.45, 2.75) is 33.4 Å². The van der Waals surface area contributed by atoms with Gasteiger partial charge in [-0.1, -0.05) is 49.7 Å². The van der Waals surface area contributed by atoms with Gasteiger partial charge in [0.15, 0.2) is 0 Å². The molecule has 1 atom stereocenters. The number of benzene rings is 2. The van der Waals surface area contributed by atoms with Crippen molar-refractivity contribution < 1.29 is 18.4 Å². The molecule has 1 N–H and O–H groups in total. The van der Waals surface area contributed by atoms with Gasteiger partial charge in [-0.25, -0.2) is 8.78 Å². The number of hydrogen-bond acceptors (Lipinski definition) is 2. The van der Waals surface area contributed by atoms with E-state index in [-0.39, 0.29) is 11.8 Å².